The maximum Gasteiger partial charge on any atom is 0.241 e. The van der Waals surface area contributed by atoms with Gasteiger partial charge in [-0.3, -0.25) is 10.1 Å². The van der Waals surface area contributed by atoms with E-state index in [0.29, 0.717) is 17.9 Å². The molecule has 0 radical (unpaired) electrons. The summed E-state index contributed by atoms with van der Waals surface area (Å²) < 4.78 is 0. The van der Waals surface area contributed by atoms with Gasteiger partial charge in [0.15, 0.2) is 0 Å². The molecule has 3 nitrogen and oxygen atoms in total. The highest BCUT2D eigenvalue weighted by Crippen LogP contribution is 2.26. The third-order valence-corrected chi connectivity index (χ3v) is 4.24. The summed E-state index contributed by atoms with van der Waals surface area (Å²) >= 11 is 0. The minimum absolute atomic E-state index is 0.0595. The van der Waals surface area contributed by atoms with Gasteiger partial charge >= 0.3 is 0 Å². The Labute approximate surface area is 119 Å². The second kappa shape index (κ2) is 7.88. The molecule has 112 valence electrons. The lowest BCUT2D eigenvalue weighted by atomic mass is 9.98. The van der Waals surface area contributed by atoms with Crippen LogP contribution in [0.4, 0.5) is 0 Å². The standard InChI is InChI=1S/C16H32N2O/c1-6-9-11-13-16(19)18(14(8-3)12(4)5)15(17-13)10-7-2/h12-15,17H,6-11H2,1-5H3. The van der Waals surface area contributed by atoms with Crippen LogP contribution in [0.1, 0.15) is 73.1 Å². The predicted octanol–water partition coefficient (Wildman–Crippen LogP) is 3.54. The van der Waals surface area contributed by atoms with Gasteiger partial charge in [0.2, 0.25) is 5.91 Å². The number of rotatable bonds is 8. The number of hydrogen-bond donors (Lipinski definition) is 1. The van der Waals surface area contributed by atoms with E-state index in [1.165, 1.54) is 0 Å². The number of amides is 1. The summed E-state index contributed by atoms with van der Waals surface area (Å²) in [6.07, 6.45) is 6.77. The summed E-state index contributed by atoms with van der Waals surface area (Å²) in [6.45, 7) is 11.0. The minimum atomic E-state index is 0.0595. The lowest BCUT2D eigenvalue weighted by Gasteiger charge is -2.34. The Bertz CT molecular complexity index is 278. The van der Waals surface area contributed by atoms with Crippen LogP contribution in [-0.4, -0.2) is 29.1 Å². The van der Waals surface area contributed by atoms with Gasteiger partial charge in [-0.05, 0) is 25.2 Å². The molecular weight excluding hydrogens is 236 g/mol. The second-order valence-electron chi connectivity index (χ2n) is 6.13. The van der Waals surface area contributed by atoms with Crippen LogP contribution in [0.25, 0.3) is 0 Å². The van der Waals surface area contributed by atoms with Gasteiger partial charge in [0.25, 0.3) is 0 Å². The van der Waals surface area contributed by atoms with Crippen molar-refractivity contribution in [2.24, 2.45) is 5.92 Å². The first-order valence-electron chi connectivity index (χ1n) is 8.14. The number of hydrogen-bond acceptors (Lipinski definition) is 2. The van der Waals surface area contributed by atoms with E-state index in [1.807, 2.05) is 0 Å². The summed E-state index contributed by atoms with van der Waals surface area (Å²) in [5, 5.41) is 3.57. The fourth-order valence-corrected chi connectivity index (χ4v) is 3.21. The smallest absolute Gasteiger partial charge is 0.241 e. The monoisotopic (exact) mass is 268 g/mol. The molecule has 0 spiro atoms. The fraction of sp³-hybridized carbons (Fsp3) is 0.938. The molecule has 19 heavy (non-hydrogen) atoms. The third-order valence-electron chi connectivity index (χ3n) is 4.24. The van der Waals surface area contributed by atoms with Gasteiger partial charge in [0.1, 0.15) is 0 Å². The lowest BCUT2D eigenvalue weighted by molar-refractivity contribution is -0.133. The molecule has 0 aliphatic carbocycles. The molecule has 1 N–H and O–H groups in total. The second-order valence-corrected chi connectivity index (χ2v) is 6.13. The van der Waals surface area contributed by atoms with Crippen molar-refractivity contribution in [3.8, 4) is 0 Å². The Morgan fingerprint density at radius 2 is 1.84 bits per heavy atom. The van der Waals surface area contributed by atoms with Crippen LogP contribution in [0.3, 0.4) is 0 Å². The van der Waals surface area contributed by atoms with Crippen molar-refractivity contribution < 1.29 is 4.79 Å². The van der Waals surface area contributed by atoms with E-state index in [-0.39, 0.29) is 12.2 Å². The van der Waals surface area contributed by atoms with Crippen molar-refractivity contribution in [3.05, 3.63) is 0 Å². The molecule has 1 amide bonds. The van der Waals surface area contributed by atoms with E-state index in [0.717, 1.165) is 38.5 Å². The molecule has 1 rings (SSSR count). The Balaban J connectivity index is 2.81. The molecule has 0 aromatic carbocycles. The van der Waals surface area contributed by atoms with Crippen LogP contribution in [0, 0.1) is 5.92 Å². The Hall–Kier alpha value is -0.570. The van der Waals surface area contributed by atoms with Crippen molar-refractivity contribution in [3.63, 3.8) is 0 Å². The Morgan fingerprint density at radius 3 is 2.32 bits per heavy atom. The van der Waals surface area contributed by atoms with Crippen molar-refractivity contribution in [1.82, 2.24) is 10.2 Å². The van der Waals surface area contributed by atoms with Gasteiger partial charge < -0.3 is 4.90 Å². The molecular formula is C16H32N2O. The van der Waals surface area contributed by atoms with Crippen molar-refractivity contribution in [1.29, 1.82) is 0 Å². The number of nitrogens with one attached hydrogen (secondary N) is 1. The first-order valence-corrected chi connectivity index (χ1v) is 8.14. The molecule has 3 heteroatoms. The molecule has 0 aromatic rings. The molecule has 3 atom stereocenters. The fourth-order valence-electron chi connectivity index (χ4n) is 3.21. The van der Waals surface area contributed by atoms with Crippen LogP contribution in [0.5, 0.6) is 0 Å². The average molecular weight is 268 g/mol. The normalized spacial score (nSPS) is 25.4. The zero-order valence-electron chi connectivity index (χ0n) is 13.4. The summed E-state index contributed by atoms with van der Waals surface area (Å²) in [5.74, 6) is 0.868. The zero-order valence-corrected chi connectivity index (χ0v) is 13.4. The first-order chi connectivity index (χ1) is 9.06. The van der Waals surface area contributed by atoms with Crippen LogP contribution >= 0.6 is 0 Å². The van der Waals surface area contributed by atoms with Crippen molar-refractivity contribution in [2.45, 2.75) is 91.4 Å². The van der Waals surface area contributed by atoms with E-state index in [9.17, 15) is 4.79 Å². The van der Waals surface area contributed by atoms with Gasteiger partial charge in [-0.1, -0.05) is 53.9 Å². The van der Waals surface area contributed by atoms with E-state index < -0.39 is 0 Å². The molecule has 0 aromatic heterocycles. The zero-order chi connectivity index (χ0) is 14.4. The molecule has 1 aliphatic rings. The SMILES string of the molecule is CCCCC1NC(CCC)N(C(CC)C(C)C)C1=O. The number of carbonyl (C=O) groups is 1. The third kappa shape index (κ3) is 3.95. The Morgan fingerprint density at radius 1 is 1.16 bits per heavy atom. The van der Waals surface area contributed by atoms with E-state index >= 15 is 0 Å². The summed E-state index contributed by atoms with van der Waals surface area (Å²) in [7, 11) is 0. The maximum atomic E-state index is 12.7. The highest BCUT2D eigenvalue weighted by Gasteiger charge is 2.41. The van der Waals surface area contributed by atoms with Crippen LogP contribution in [-0.2, 0) is 4.79 Å². The molecule has 1 aliphatic heterocycles. The van der Waals surface area contributed by atoms with Crippen LogP contribution < -0.4 is 5.32 Å². The van der Waals surface area contributed by atoms with Crippen molar-refractivity contribution in [2.75, 3.05) is 0 Å². The molecule has 1 saturated heterocycles. The van der Waals surface area contributed by atoms with Gasteiger partial charge in [0.05, 0.1) is 12.2 Å². The summed E-state index contributed by atoms with van der Waals surface area (Å²) in [4.78, 5) is 14.8. The Kier molecular flexibility index (Phi) is 6.84. The van der Waals surface area contributed by atoms with Gasteiger partial charge in [-0.15, -0.1) is 0 Å². The maximum absolute atomic E-state index is 12.7. The highest BCUT2D eigenvalue weighted by atomic mass is 16.2. The van der Waals surface area contributed by atoms with E-state index in [4.69, 9.17) is 0 Å². The molecule has 1 heterocycles. The van der Waals surface area contributed by atoms with E-state index in [1.54, 1.807) is 0 Å². The van der Waals surface area contributed by atoms with Crippen LogP contribution in [0.2, 0.25) is 0 Å². The molecule has 3 unspecified atom stereocenters. The number of unbranched alkanes of at least 4 members (excludes halogenated alkanes) is 1. The first kappa shape index (κ1) is 16.5. The van der Waals surface area contributed by atoms with E-state index in [2.05, 4.69) is 44.8 Å². The van der Waals surface area contributed by atoms with Crippen molar-refractivity contribution >= 4 is 5.91 Å². The predicted molar refractivity (Wildman–Crippen MR) is 80.9 cm³/mol. The van der Waals surface area contributed by atoms with Crippen LogP contribution in [0.15, 0.2) is 0 Å². The minimum Gasteiger partial charge on any atom is -0.323 e. The summed E-state index contributed by atoms with van der Waals surface area (Å²) in [6, 6.07) is 0.437. The quantitative estimate of drug-likeness (QED) is 0.730. The molecule has 0 saturated carbocycles. The van der Waals surface area contributed by atoms with Gasteiger partial charge in [-0.2, -0.15) is 0 Å². The summed E-state index contributed by atoms with van der Waals surface area (Å²) in [5.41, 5.74) is 0. The number of carbonyl (C=O) groups excluding carboxylic acids is 1. The average Bonchev–Trinajstić information content (AvgIpc) is 2.66. The lowest BCUT2D eigenvalue weighted by Crippen LogP contribution is -2.46. The molecule has 1 fully saturated rings. The van der Waals surface area contributed by atoms with Gasteiger partial charge in [0, 0.05) is 6.04 Å². The molecule has 0 bridgehead atoms. The highest BCUT2D eigenvalue weighted by molar-refractivity contribution is 5.84. The van der Waals surface area contributed by atoms with Gasteiger partial charge in [-0.25, -0.2) is 0 Å². The topological polar surface area (TPSA) is 32.3 Å². The largest absolute Gasteiger partial charge is 0.323 e. The number of nitrogens with zero attached hydrogens (tertiary/aromatic N) is 1.